The van der Waals surface area contributed by atoms with Crippen LogP contribution in [0.3, 0.4) is 0 Å². The summed E-state index contributed by atoms with van der Waals surface area (Å²) in [5, 5.41) is 0. The van der Waals surface area contributed by atoms with Gasteiger partial charge in [0.1, 0.15) is 12.1 Å². The van der Waals surface area contributed by atoms with Crippen molar-refractivity contribution in [1.82, 2.24) is 4.98 Å². The summed E-state index contributed by atoms with van der Waals surface area (Å²) in [7, 11) is 0. The Bertz CT molecular complexity index is 402. The van der Waals surface area contributed by atoms with Gasteiger partial charge in [-0.2, -0.15) is 26.3 Å². The highest BCUT2D eigenvalue weighted by Crippen LogP contribution is 2.39. The van der Waals surface area contributed by atoms with E-state index in [4.69, 9.17) is 0 Å². The lowest BCUT2D eigenvalue weighted by Crippen LogP contribution is -2.24. The molecule has 0 saturated carbocycles. The molecule has 0 spiro atoms. The van der Waals surface area contributed by atoms with E-state index in [1.54, 1.807) is 0 Å². The molecule has 0 fully saturated rings. The molecule has 0 N–H and O–H groups in total. The Morgan fingerprint density at radius 3 is 1.78 bits per heavy atom. The molecule has 0 atom stereocenters. The maximum atomic E-state index is 13.0. The predicted molar refractivity (Wildman–Crippen MR) is 43.8 cm³/mol. The highest BCUT2D eigenvalue weighted by Gasteiger charge is 2.45. The van der Waals surface area contributed by atoms with Crippen molar-refractivity contribution in [2.24, 2.45) is 0 Å². The van der Waals surface area contributed by atoms with E-state index < -0.39 is 36.0 Å². The minimum Gasteiger partial charge on any atom is -0.251 e. The fourth-order valence-electron chi connectivity index (χ4n) is 1.13. The topological polar surface area (TPSA) is 12.9 Å². The van der Waals surface area contributed by atoms with Gasteiger partial charge >= 0.3 is 12.4 Å². The van der Waals surface area contributed by atoms with Crippen LogP contribution in [0.4, 0.5) is 35.1 Å². The molecular formula is C9H5F8N. The van der Waals surface area contributed by atoms with E-state index in [9.17, 15) is 35.1 Å². The maximum Gasteiger partial charge on any atom is 0.433 e. The number of rotatable bonds is 2. The summed E-state index contributed by atoms with van der Waals surface area (Å²) >= 11 is 0. The van der Waals surface area contributed by atoms with Crippen molar-refractivity contribution in [3.8, 4) is 0 Å². The maximum absolute atomic E-state index is 13.0. The highest BCUT2D eigenvalue weighted by atomic mass is 19.4. The Morgan fingerprint density at radius 2 is 1.44 bits per heavy atom. The predicted octanol–water partition coefficient (Wildman–Crippen LogP) is 4.14. The molecular weight excluding hydrogens is 274 g/mol. The van der Waals surface area contributed by atoms with Crippen LogP contribution in [0.2, 0.25) is 0 Å². The van der Waals surface area contributed by atoms with Crippen LogP contribution in [0.5, 0.6) is 0 Å². The van der Waals surface area contributed by atoms with Crippen LogP contribution >= 0.6 is 0 Å². The van der Waals surface area contributed by atoms with Crippen molar-refractivity contribution < 1.29 is 35.1 Å². The first-order valence-corrected chi connectivity index (χ1v) is 4.40. The lowest BCUT2D eigenvalue weighted by molar-refractivity contribution is -0.191. The van der Waals surface area contributed by atoms with Crippen LogP contribution in [0, 0.1) is 0 Å². The summed E-state index contributed by atoms with van der Waals surface area (Å²) in [5.74, 6) is -4.31. The van der Waals surface area contributed by atoms with Crippen molar-refractivity contribution in [1.29, 1.82) is 0 Å². The monoisotopic (exact) mass is 279 g/mol. The van der Waals surface area contributed by atoms with Crippen LogP contribution in [0.25, 0.3) is 0 Å². The zero-order valence-electron chi connectivity index (χ0n) is 8.41. The first kappa shape index (κ1) is 14.7. The van der Waals surface area contributed by atoms with E-state index >= 15 is 0 Å². The first-order chi connectivity index (χ1) is 7.92. The van der Waals surface area contributed by atoms with Crippen LogP contribution in [-0.4, -0.2) is 11.2 Å². The molecule has 1 aromatic rings. The summed E-state index contributed by atoms with van der Waals surface area (Å²) in [6, 6.07) is 0.487. The van der Waals surface area contributed by atoms with E-state index in [1.165, 1.54) is 0 Å². The van der Waals surface area contributed by atoms with Gasteiger partial charge in [-0.1, -0.05) is 0 Å². The third-order valence-corrected chi connectivity index (χ3v) is 1.90. The van der Waals surface area contributed by atoms with E-state index in [-0.39, 0.29) is 18.3 Å². The van der Waals surface area contributed by atoms with Crippen molar-refractivity contribution in [2.45, 2.75) is 24.7 Å². The van der Waals surface area contributed by atoms with Gasteiger partial charge in [-0.15, -0.1) is 0 Å². The smallest absolute Gasteiger partial charge is 0.251 e. The summed E-state index contributed by atoms with van der Waals surface area (Å²) in [4.78, 5) is 2.67. The second kappa shape index (κ2) is 4.36. The molecule has 1 aromatic heterocycles. The summed E-state index contributed by atoms with van der Waals surface area (Å²) < 4.78 is 97.7. The summed E-state index contributed by atoms with van der Waals surface area (Å²) in [6.45, 7) is 0. The molecule has 1 rings (SSSR count). The molecule has 1 heterocycles. The van der Waals surface area contributed by atoms with Crippen molar-refractivity contribution in [3.63, 3.8) is 0 Å². The Balaban J connectivity index is 2.98. The van der Waals surface area contributed by atoms with Gasteiger partial charge in [0.15, 0.2) is 0 Å². The molecule has 0 bridgehead atoms. The number of hydrogen-bond donors (Lipinski definition) is 0. The van der Waals surface area contributed by atoms with Crippen LogP contribution in [-0.2, 0) is 12.1 Å². The molecule has 102 valence electrons. The first-order valence-electron chi connectivity index (χ1n) is 4.40. The molecule has 0 aliphatic carbocycles. The highest BCUT2D eigenvalue weighted by molar-refractivity contribution is 5.20. The zero-order chi connectivity index (χ0) is 14.2. The molecule has 18 heavy (non-hydrogen) atoms. The number of halogens is 8. The van der Waals surface area contributed by atoms with E-state index in [0.29, 0.717) is 0 Å². The number of aromatic nitrogens is 1. The van der Waals surface area contributed by atoms with Gasteiger partial charge in [0.25, 0.3) is 5.92 Å². The molecule has 0 radical (unpaired) electrons. The average molecular weight is 279 g/mol. The molecule has 0 aliphatic heterocycles. The number of pyridine rings is 1. The molecule has 9 heteroatoms. The minimum absolute atomic E-state index is 0.0918. The zero-order valence-corrected chi connectivity index (χ0v) is 8.41. The molecule has 0 aliphatic rings. The molecule has 0 aromatic carbocycles. The van der Waals surface area contributed by atoms with E-state index in [1.807, 2.05) is 0 Å². The van der Waals surface area contributed by atoms with Crippen LogP contribution in [0.1, 0.15) is 17.7 Å². The van der Waals surface area contributed by atoms with Gasteiger partial charge in [0.05, 0.1) is 0 Å². The third-order valence-electron chi connectivity index (χ3n) is 1.90. The largest absolute Gasteiger partial charge is 0.433 e. The Labute approximate surface area is 95.4 Å². The lowest BCUT2D eigenvalue weighted by atomic mass is 10.1. The van der Waals surface area contributed by atoms with Crippen LogP contribution in [0.15, 0.2) is 18.3 Å². The normalized spacial score (nSPS) is 13.8. The fraction of sp³-hybridized carbons (Fsp3) is 0.444. The quantitative estimate of drug-likeness (QED) is 0.741. The van der Waals surface area contributed by atoms with Crippen LogP contribution < -0.4 is 0 Å². The lowest BCUT2D eigenvalue weighted by Gasteiger charge is -2.18. The second-order valence-electron chi connectivity index (χ2n) is 3.43. The molecule has 0 amide bonds. The summed E-state index contributed by atoms with van der Waals surface area (Å²) in [6.07, 6.45) is -12.3. The Kier molecular flexibility index (Phi) is 3.55. The van der Waals surface area contributed by atoms with Gasteiger partial charge < -0.3 is 0 Å². The van der Waals surface area contributed by atoms with Gasteiger partial charge in [0, 0.05) is 11.8 Å². The second-order valence-corrected chi connectivity index (χ2v) is 3.43. The Morgan fingerprint density at radius 1 is 0.889 bits per heavy atom. The van der Waals surface area contributed by atoms with Gasteiger partial charge in [-0.3, -0.25) is 4.98 Å². The van der Waals surface area contributed by atoms with Gasteiger partial charge in [0.2, 0.25) is 0 Å². The van der Waals surface area contributed by atoms with Gasteiger partial charge in [-0.05, 0) is 12.1 Å². The summed E-state index contributed by atoms with van der Waals surface area (Å²) in [5.41, 5.74) is -2.66. The van der Waals surface area contributed by atoms with Crippen molar-refractivity contribution in [3.05, 3.63) is 29.6 Å². The SMILES string of the molecule is FC(F)(F)CC(F)(F)c1ccc(C(F)(F)F)nc1. The number of alkyl halides is 8. The van der Waals surface area contributed by atoms with Crippen molar-refractivity contribution >= 4 is 0 Å². The van der Waals surface area contributed by atoms with Crippen molar-refractivity contribution in [2.75, 3.05) is 0 Å². The molecule has 0 saturated heterocycles. The van der Waals surface area contributed by atoms with E-state index in [2.05, 4.69) is 4.98 Å². The van der Waals surface area contributed by atoms with Gasteiger partial charge in [-0.25, -0.2) is 8.78 Å². The molecule has 0 unspecified atom stereocenters. The average Bonchev–Trinajstić information content (AvgIpc) is 2.13. The minimum atomic E-state index is -5.13. The number of nitrogens with zero attached hydrogens (tertiary/aromatic N) is 1. The molecule has 1 nitrogen and oxygen atoms in total. The van der Waals surface area contributed by atoms with E-state index in [0.717, 1.165) is 0 Å². The standard InChI is InChI=1S/C9H5F8N/c10-7(11,4-8(12,13)14)5-1-2-6(18-3-5)9(15,16)17/h1-3H,4H2. The number of hydrogen-bond acceptors (Lipinski definition) is 1. The third kappa shape index (κ3) is 3.81. The fourth-order valence-corrected chi connectivity index (χ4v) is 1.13. The Hall–Kier alpha value is -1.41.